The van der Waals surface area contributed by atoms with E-state index in [2.05, 4.69) is 22.9 Å². The predicted molar refractivity (Wildman–Crippen MR) is 92.2 cm³/mol. The molecule has 6 nitrogen and oxygen atoms in total. The molecule has 0 unspecified atom stereocenters. The Morgan fingerprint density at radius 1 is 1.04 bits per heavy atom. The van der Waals surface area contributed by atoms with Crippen LogP contribution in [-0.2, 0) is 14.4 Å². The van der Waals surface area contributed by atoms with Gasteiger partial charge in [0.1, 0.15) is 5.54 Å². The molecule has 0 heterocycles. The summed E-state index contributed by atoms with van der Waals surface area (Å²) >= 11 is 0. The smallest absolute Gasteiger partial charge is 0.245 e. The maximum Gasteiger partial charge on any atom is 0.245 e. The minimum Gasteiger partial charge on any atom is -0.354 e. The highest BCUT2D eigenvalue weighted by molar-refractivity contribution is 5.91. The van der Waals surface area contributed by atoms with Crippen LogP contribution in [0, 0.1) is 5.92 Å². The number of hydrogen-bond acceptors (Lipinski definition) is 3. The van der Waals surface area contributed by atoms with Gasteiger partial charge in [0.25, 0.3) is 0 Å². The van der Waals surface area contributed by atoms with Gasteiger partial charge in [-0.2, -0.15) is 0 Å². The number of carbonyl (C=O) groups excluding carboxylic acids is 3. The Bertz CT molecular complexity index is 464. The van der Waals surface area contributed by atoms with Gasteiger partial charge in [-0.1, -0.05) is 19.8 Å². The third kappa shape index (κ3) is 5.21. The van der Waals surface area contributed by atoms with Crippen LogP contribution >= 0.6 is 0 Å². The molecule has 3 amide bonds. The zero-order valence-corrected chi connectivity index (χ0v) is 15.0. The second-order valence-electron chi connectivity index (χ2n) is 7.50. The first-order chi connectivity index (χ1) is 11.4. The second-order valence-corrected chi connectivity index (χ2v) is 7.50. The third-order valence-electron chi connectivity index (χ3n) is 5.34. The molecule has 0 aromatic heterocycles. The van der Waals surface area contributed by atoms with Crippen molar-refractivity contribution in [3.05, 3.63) is 0 Å². The van der Waals surface area contributed by atoms with Gasteiger partial charge in [-0.05, 0) is 44.4 Å². The van der Waals surface area contributed by atoms with Crippen LogP contribution in [0.15, 0.2) is 0 Å². The van der Waals surface area contributed by atoms with Crippen LogP contribution < -0.4 is 16.0 Å². The van der Waals surface area contributed by atoms with Crippen molar-refractivity contribution in [1.29, 1.82) is 0 Å². The Labute approximate surface area is 144 Å². The zero-order chi connectivity index (χ0) is 17.6. The largest absolute Gasteiger partial charge is 0.354 e. The highest BCUT2D eigenvalue weighted by atomic mass is 16.2. The Morgan fingerprint density at radius 3 is 2.25 bits per heavy atom. The summed E-state index contributed by atoms with van der Waals surface area (Å²) in [4.78, 5) is 36.1. The number of carbonyl (C=O) groups is 3. The van der Waals surface area contributed by atoms with E-state index in [0.717, 1.165) is 25.7 Å². The van der Waals surface area contributed by atoms with E-state index in [4.69, 9.17) is 0 Å². The topological polar surface area (TPSA) is 87.3 Å². The standard InChI is InChI=1S/C18H31N3O3/c1-13-7-10-18(11-8-13,21-14(2)22)17(24)19-12-9-16(23)20-15-5-3-4-6-15/h13,15H,3-12H2,1-2H3,(H,19,24)(H,20,23)(H,21,22). The van der Waals surface area contributed by atoms with Crippen LogP contribution in [0.2, 0.25) is 0 Å². The third-order valence-corrected chi connectivity index (χ3v) is 5.34. The average Bonchev–Trinajstić information content (AvgIpc) is 3.02. The summed E-state index contributed by atoms with van der Waals surface area (Å²) in [6, 6.07) is 0.304. The molecule has 3 N–H and O–H groups in total. The SMILES string of the molecule is CC(=O)NC1(C(=O)NCCC(=O)NC2CCCC2)CCC(C)CC1. The molecule has 136 valence electrons. The van der Waals surface area contributed by atoms with E-state index in [1.54, 1.807) is 0 Å². The van der Waals surface area contributed by atoms with Crippen molar-refractivity contribution < 1.29 is 14.4 Å². The summed E-state index contributed by atoms with van der Waals surface area (Å²) in [6.45, 7) is 3.93. The molecule has 6 heteroatoms. The van der Waals surface area contributed by atoms with Crippen molar-refractivity contribution >= 4 is 17.7 Å². The molecular formula is C18H31N3O3. The molecule has 2 rings (SSSR count). The summed E-state index contributed by atoms with van der Waals surface area (Å²) in [7, 11) is 0. The first-order valence-corrected chi connectivity index (χ1v) is 9.28. The summed E-state index contributed by atoms with van der Waals surface area (Å²) in [5, 5.41) is 8.74. The zero-order valence-electron chi connectivity index (χ0n) is 15.0. The van der Waals surface area contributed by atoms with Gasteiger partial charge in [0, 0.05) is 25.9 Å². The fraction of sp³-hybridized carbons (Fsp3) is 0.833. The average molecular weight is 337 g/mol. The maximum atomic E-state index is 12.6. The van der Waals surface area contributed by atoms with E-state index in [-0.39, 0.29) is 24.1 Å². The fourth-order valence-electron chi connectivity index (χ4n) is 3.83. The van der Waals surface area contributed by atoms with Crippen molar-refractivity contribution in [3.63, 3.8) is 0 Å². The van der Waals surface area contributed by atoms with Crippen molar-refractivity contribution in [2.24, 2.45) is 5.92 Å². The number of amides is 3. The minimum atomic E-state index is -0.805. The molecule has 0 radical (unpaired) electrons. The van der Waals surface area contributed by atoms with Gasteiger partial charge in [-0.15, -0.1) is 0 Å². The lowest BCUT2D eigenvalue weighted by Crippen LogP contribution is -2.60. The van der Waals surface area contributed by atoms with Gasteiger partial charge in [0.05, 0.1) is 0 Å². The fourth-order valence-corrected chi connectivity index (χ4v) is 3.83. The summed E-state index contributed by atoms with van der Waals surface area (Å²) in [5.41, 5.74) is -0.805. The van der Waals surface area contributed by atoms with Gasteiger partial charge in [-0.3, -0.25) is 14.4 Å². The molecule has 0 spiro atoms. The lowest BCUT2D eigenvalue weighted by atomic mass is 9.76. The van der Waals surface area contributed by atoms with Crippen molar-refractivity contribution in [1.82, 2.24) is 16.0 Å². The van der Waals surface area contributed by atoms with Crippen LogP contribution in [0.5, 0.6) is 0 Å². The summed E-state index contributed by atoms with van der Waals surface area (Å²) in [5.74, 6) is 0.238. The van der Waals surface area contributed by atoms with Gasteiger partial charge in [-0.25, -0.2) is 0 Å². The van der Waals surface area contributed by atoms with E-state index in [0.29, 0.717) is 31.3 Å². The molecule has 2 aliphatic rings. The highest BCUT2D eigenvalue weighted by Crippen LogP contribution is 2.32. The number of nitrogens with one attached hydrogen (secondary N) is 3. The quantitative estimate of drug-likeness (QED) is 0.688. The van der Waals surface area contributed by atoms with E-state index in [1.165, 1.54) is 19.8 Å². The Balaban J connectivity index is 1.79. The van der Waals surface area contributed by atoms with E-state index in [1.807, 2.05) is 0 Å². The number of rotatable bonds is 6. The lowest BCUT2D eigenvalue weighted by Gasteiger charge is -2.38. The molecule has 2 fully saturated rings. The van der Waals surface area contributed by atoms with Crippen LogP contribution in [0.1, 0.15) is 71.6 Å². The molecule has 0 aromatic rings. The number of hydrogen-bond donors (Lipinski definition) is 3. The molecule has 2 aliphatic carbocycles. The van der Waals surface area contributed by atoms with Crippen molar-refractivity contribution in [3.8, 4) is 0 Å². The van der Waals surface area contributed by atoms with Gasteiger partial charge in [0.2, 0.25) is 17.7 Å². The summed E-state index contributed by atoms with van der Waals surface area (Å²) in [6.07, 6.45) is 7.94. The van der Waals surface area contributed by atoms with Crippen LogP contribution in [0.3, 0.4) is 0 Å². The first kappa shape index (κ1) is 18.7. The van der Waals surface area contributed by atoms with Crippen molar-refractivity contribution in [2.45, 2.75) is 83.2 Å². The predicted octanol–water partition coefficient (Wildman–Crippen LogP) is 1.64. The first-order valence-electron chi connectivity index (χ1n) is 9.28. The van der Waals surface area contributed by atoms with Crippen LogP contribution in [0.25, 0.3) is 0 Å². The van der Waals surface area contributed by atoms with Gasteiger partial charge >= 0.3 is 0 Å². The van der Waals surface area contributed by atoms with E-state index < -0.39 is 5.54 Å². The van der Waals surface area contributed by atoms with Crippen LogP contribution in [-0.4, -0.2) is 35.8 Å². The Morgan fingerprint density at radius 2 is 1.67 bits per heavy atom. The molecule has 0 atom stereocenters. The highest BCUT2D eigenvalue weighted by Gasteiger charge is 2.41. The molecule has 0 bridgehead atoms. The van der Waals surface area contributed by atoms with Crippen molar-refractivity contribution in [2.75, 3.05) is 6.54 Å². The molecule has 0 aromatic carbocycles. The summed E-state index contributed by atoms with van der Waals surface area (Å²) < 4.78 is 0. The maximum absolute atomic E-state index is 12.6. The molecular weight excluding hydrogens is 306 g/mol. The van der Waals surface area contributed by atoms with E-state index in [9.17, 15) is 14.4 Å². The van der Waals surface area contributed by atoms with E-state index >= 15 is 0 Å². The Kier molecular flexibility index (Phi) is 6.63. The minimum absolute atomic E-state index is 0.00644. The van der Waals surface area contributed by atoms with Crippen LogP contribution in [0.4, 0.5) is 0 Å². The molecule has 2 saturated carbocycles. The van der Waals surface area contributed by atoms with Gasteiger partial charge < -0.3 is 16.0 Å². The molecule has 0 saturated heterocycles. The molecule has 0 aliphatic heterocycles. The lowest BCUT2D eigenvalue weighted by molar-refractivity contribution is -0.134. The normalized spacial score (nSPS) is 27.5. The monoisotopic (exact) mass is 337 g/mol. The molecule has 24 heavy (non-hydrogen) atoms. The van der Waals surface area contributed by atoms with Gasteiger partial charge in [0.15, 0.2) is 0 Å². The second kappa shape index (κ2) is 8.49. The Hall–Kier alpha value is -1.59.